The summed E-state index contributed by atoms with van der Waals surface area (Å²) in [7, 11) is -1.81. The molecule has 0 aliphatic rings. The molecule has 1 atom stereocenters. The lowest BCUT2D eigenvalue weighted by Crippen LogP contribution is -2.39. The van der Waals surface area contributed by atoms with E-state index in [1.807, 2.05) is 37.3 Å². The lowest BCUT2D eigenvalue weighted by molar-refractivity contribution is -0.121. The van der Waals surface area contributed by atoms with Crippen molar-refractivity contribution in [3.63, 3.8) is 0 Å². The van der Waals surface area contributed by atoms with Crippen LogP contribution in [0.15, 0.2) is 59.5 Å². The van der Waals surface area contributed by atoms with Crippen molar-refractivity contribution in [3.05, 3.63) is 65.7 Å². The van der Waals surface area contributed by atoms with Gasteiger partial charge in [0.05, 0.1) is 10.9 Å². The Morgan fingerprint density at radius 3 is 2.15 bits per heavy atom. The third-order valence-electron chi connectivity index (χ3n) is 5.34. The van der Waals surface area contributed by atoms with Crippen LogP contribution in [-0.4, -0.2) is 56.2 Å². The molecule has 2 N–H and O–H groups in total. The summed E-state index contributed by atoms with van der Waals surface area (Å²) in [5.74, 6) is -0.201. The summed E-state index contributed by atoms with van der Waals surface area (Å²) in [4.78, 5) is 26.3. The fourth-order valence-corrected chi connectivity index (χ4v) is 4.84. The van der Waals surface area contributed by atoms with Crippen LogP contribution in [0.1, 0.15) is 44.4 Å². The van der Waals surface area contributed by atoms with Crippen molar-refractivity contribution < 1.29 is 18.0 Å². The molecule has 0 fully saturated rings. The van der Waals surface area contributed by atoms with Crippen molar-refractivity contribution in [2.45, 2.75) is 44.7 Å². The number of hydrogen-bond donors (Lipinski definition) is 2. The number of hydrogen-bond acceptors (Lipinski definition) is 4. The molecule has 0 aliphatic carbocycles. The van der Waals surface area contributed by atoms with Crippen molar-refractivity contribution in [2.24, 2.45) is 0 Å². The summed E-state index contributed by atoms with van der Waals surface area (Å²) in [5.41, 5.74) is 1.83. The minimum Gasteiger partial charge on any atom is -0.350 e. The molecule has 2 aromatic carbocycles. The molecule has 0 aromatic heterocycles. The van der Waals surface area contributed by atoms with E-state index >= 15 is 0 Å². The fraction of sp³-hybridized carbons (Fsp3) is 0.417. The molecule has 0 heterocycles. The predicted octanol–water partition coefficient (Wildman–Crippen LogP) is 3.13. The van der Waals surface area contributed by atoms with E-state index in [1.165, 1.54) is 4.31 Å². The second-order valence-electron chi connectivity index (χ2n) is 7.77. The van der Waals surface area contributed by atoms with Gasteiger partial charge in [-0.25, -0.2) is 13.2 Å². The summed E-state index contributed by atoms with van der Waals surface area (Å²) in [5, 5.41) is 5.63. The second kappa shape index (κ2) is 12.4. The van der Waals surface area contributed by atoms with E-state index in [0.29, 0.717) is 19.6 Å². The number of sulfonamides is 1. The molecule has 0 bridgehead atoms. The lowest BCUT2D eigenvalue weighted by atomic mass is 10.1. The van der Waals surface area contributed by atoms with Gasteiger partial charge in [0, 0.05) is 39.6 Å². The largest absolute Gasteiger partial charge is 0.350 e. The van der Waals surface area contributed by atoms with Gasteiger partial charge in [-0.2, -0.15) is 4.31 Å². The predicted molar refractivity (Wildman–Crippen MR) is 129 cm³/mol. The highest BCUT2D eigenvalue weighted by Gasteiger charge is 2.21. The monoisotopic (exact) mass is 474 g/mol. The second-order valence-corrected chi connectivity index (χ2v) is 9.71. The summed E-state index contributed by atoms with van der Waals surface area (Å²) in [6.45, 7) is 6.95. The van der Waals surface area contributed by atoms with Crippen molar-refractivity contribution in [2.75, 3.05) is 26.7 Å². The molecule has 33 heavy (non-hydrogen) atoms. The average molecular weight is 475 g/mol. The van der Waals surface area contributed by atoms with Crippen LogP contribution in [0.4, 0.5) is 4.79 Å². The number of carbonyl (C=O) groups excluding carboxylic acids is 2. The van der Waals surface area contributed by atoms with E-state index < -0.39 is 10.0 Å². The van der Waals surface area contributed by atoms with Gasteiger partial charge in [-0.05, 0) is 30.2 Å². The van der Waals surface area contributed by atoms with E-state index in [0.717, 1.165) is 11.1 Å². The first kappa shape index (κ1) is 26.3. The van der Waals surface area contributed by atoms with Gasteiger partial charge in [0.1, 0.15) is 0 Å². The van der Waals surface area contributed by atoms with Crippen LogP contribution in [-0.2, 0) is 21.4 Å². The number of benzene rings is 2. The number of nitrogens with zero attached hydrogens (tertiary/aromatic N) is 2. The van der Waals surface area contributed by atoms with Gasteiger partial charge < -0.3 is 15.5 Å². The van der Waals surface area contributed by atoms with Gasteiger partial charge in [-0.15, -0.1) is 0 Å². The first-order chi connectivity index (χ1) is 15.7. The fourth-order valence-electron chi connectivity index (χ4n) is 3.39. The Bertz CT molecular complexity index is 1010. The number of carbonyl (C=O) groups is 2. The summed E-state index contributed by atoms with van der Waals surface area (Å²) in [6.07, 6.45) is 0.143. The highest BCUT2D eigenvalue weighted by Crippen LogP contribution is 2.19. The zero-order valence-electron chi connectivity index (χ0n) is 19.7. The zero-order chi connectivity index (χ0) is 24.4. The molecular formula is C24H34N4O4S. The first-order valence-electron chi connectivity index (χ1n) is 11.1. The van der Waals surface area contributed by atoms with Crippen molar-refractivity contribution in [3.8, 4) is 0 Å². The SMILES string of the molecule is CCN(CC)S(=O)(=O)c1ccc(C(C)NC(=O)CCNC(=O)N(C)Cc2ccccc2)cc1. The normalized spacial score (nSPS) is 12.3. The molecular weight excluding hydrogens is 440 g/mol. The van der Waals surface area contributed by atoms with Crippen molar-refractivity contribution in [1.29, 1.82) is 0 Å². The number of urea groups is 1. The maximum absolute atomic E-state index is 12.6. The third-order valence-corrected chi connectivity index (χ3v) is 7.40. The molecule has 180 valence electrons. The van der Waals surface area contributed by atoms with Gasteiger partial charge in [-0.3, -0.25) is 4.79 Å². The van der Waals surface area contributed by atoms with Gasteiger partial charge in [-0.1, -0.05) is 56.3 Å². The van der Waals surface area contributed by atoms with Crippen LogP contribution in [0, 0.1) is 0 Å². The Kier molecular flexibility index (Phi) is 9.87. The Morgan fingerprint density at radius 1 is 0.970 bits per heavy atom. The smallest absolute Gasteiger partial charge is 0.317 e. The standard InChI is InChI=1S/C24H34N4O4S/c1-5-28(6-2)33(31,32)22-14-12-21(13-15-22)19(3)26-23(29)16-17-25-24(30)27(4)18-20-10-8-7-9-11-20/h7-15,19H,5-6,16-18H2,1-4H3,(H,25,30)(H,26,29). The lowest BCUT2D eigenvalue weighted by Gasteiger charge is -2.20. The molecule has 0 saturated carbocycles. The quantitative estimate of drug-likeness (QED) is 0.523. The highest BCUT2D eigenvalue weighted by atomic mass is 32.2. The van der Waals surface area contributed by atoms with E-state index in [2.05, 4.69) is 10.6 Å². The van der Waals surface area contributed by atoms with Gasteiger partial charge in [0.2, 0.25) is 15.9 Å². The third kappa shape index (κ3) is 7.57. The van der Waals surface area contributed by atoms with Gasteiger partial charge in [0.25, 0.3) is 0 Å². The highest BCUT2D eigenvalue weighted by molar-refractivity contribution is 7.89. The molecule has 1 unspecified atom stereocenters. The Hall–Kier alpha value is -2.91. The molecule has 8 nitrogen and oxygen atoms in total. The van der Waals surface area contributed by atoms with E-state index in [1.54, 1.807) is 50.1 Å². The van der Waals surface area contributed by atoms with Crippen LogP contribution in [0.3, 0.4) is 0 Å². The minimum absolute atomic E-state index is 0.143. The van der Waals surface area contributed by atoms with Gasteiger partial charge >= 0.3 is 6.03 Å². The van der Waals surface area contributed by atoms with Crippen LogP contribution < -0.4 is 10.6 Å². The number of amides is 3. The Labute approximate surface area is 197 Å². The molecule has 0 radical (unpaired) electrons. The molecule has 2 aromatic rings. The molecule has 0 saturated heterocycles. The average Bonchev–Trinajstić information content (AvgIpc) is 2.80. The number of nitrogens with one attached hydrogen (secondary N) is 2. The van der Waals surface area contributed by atoms with Crippen LogP contribution in [0.25, 0.3) is 0 Å². The van der Waals surface area contributed by atoms with Crippen LogP contribution in [0.5, 0.6) is 0 Å². The summed E-state index contributed by atoms with van der Waals surface area (Å²) >= 11 is 0. The summed E-state index contributed by atoms with van der Waals surface area (Å²) in [6, 6.07) is 15.7. The van der Waals surface area contributed by atoms with Crippen molar-refractivity contribution in [1.82, 2.24) is 19.8 Å². The maximum Gasteiger partial charge on any atom is 0.317 e. The number of rotatable bonds is 11. The Morgan fingerprint density at radius 2 is 1.58 bits per heavy atom. The molecule has 0 spiro atoms. The molecule has 2 rings (SSSR count). The topological polar surface area (TPSA) is 98.8 Å². The molecule has 3 amide bonds. The molecule has 9 heteroatoms. The van der Waals surface area contributed by atoms with Crippen LogP contribution in [0.2, 0.25) is 0 Å². The van der Waals surface area contributed by atoms with Crippen LogP contribution >= 0.6 is 0 Å². The Balaban J connectivity index is 1.81. The maximum atomic E-state index is 12.6. The van der Waals surface area contributed by atoms with Gasteiger partial charge in [0.15, 0.2) is 0 Å². The van der Waals surface area contributed by atoms with E-state index in [4.69, 9.17) is 0 Å². The van der Waals surface area contributed by atoms with E-state index in [-0.39, 0.29) is 35.8 Å². The van der Waals surface area contributed by atoms with Crippen molar-refractivity contribution >= 4 is 22.0 Å². The van der Waals surface area contributed by atoms with E-state index in [9.17, 15) is 18.0 Å². The molecule has 0 aliphatic heterocycles. The zero-order valence-corrected chi connectivity index (χ0v) is 20.6. The first-order valence-corrected chi connectivity index (χ1v) is 12.5. The minimum atomic E-state index is -3.51. The summed E-state index contributed by atoms with van der Waals surface area (Å²) < 4.78 is 26.6.